The molecule has 0 aliphatic heterocycles. The second-order valence-electron chi connectivity index (χ2n) is 5.37. The molecule has 0 spiro atoms. The fourth-order valence-electron chi connectivity index (χ4n) is 2.77. The van der Waals surface area contributed by atoms with Crippen LogP contribution in [0.25, 0.3) is 11.0 Å². The summed E-state index contributed by atoms with van der Waals surface area (Å²) in [5, 5.41) is 0. The molecule has 3 rings (SSSR count). The number of imidazole rings is 1. The maximum atomic E-state index is 5.72. The lowest BCUT2D eigenvalue weighted by Crippen LogP contribution is -2.04. The van der Waals surface area contributed by atoms with Crippen LogP contribution in [-0.4, -0.2) is 9.55 Å². The summed E-state index contributed by atoms with van der Waals surface area (Å²) in [5.74, 6) is 1.17. The van der Waals surface area contributed by atoms with Crippen molar-refractivity contribution in [2.75, 3.05) is 5.73 Å². The number of nitrogens with two attached hydrogens (primary N) is 1. The van der Waals surface area contributed by atoms with Crippen molar-refractivity contribution in [3.63, 3.8) is 0 Å². The van der Waals surface area contributed by atoms with Gasteiger partial charge in [-0.05, 0) is 42.7 Å². The first kappa shape index (κ1) is 13.7. The average Bonchev–Trinajstić information content (AvgIpc) is 2.87. The van der Waals surface area contributed by atoms with Crippen LogP contribution < -0.4 is 5.73 Å². The fourth-order valence-corrected chi connectivity index (χ4v) is 2.77. The maximum Gasteiger partial charge on any atom is 0.109 e. The molecule has 0 fully saturated rings. The number of rotatable bonds is 5. The molecule has 0 aliphatic rings. The van der Waals surface area contributed by atoms with Crippen LogP contribution in [0.5, 0.6) is 0 Å². The minimum Gasteiger partial charge on any atom is -0.399 e. The van der Waals surface area contributed by atoms with E-state index in [9.17, 15) is 0 Å². The number of nitrogens with zero attached hydrogens (tertiary/aromatic N) is 2. The van der Waals surface area contributed by atoms with E-state index in [1.165, 1.54) is 16.9 Å². The van der Waals surface area contributed by atoms with E-state index >= 15 is 0 Å². The summed E-state index contributed by atoms with van der Waals surface area (Å²) >= 11 is 0. The molecule has 0 saturated carbocycles. The van der Waals surface area contributed by atoms with Gasteiger partial charge in [0, 0.05) is 18.7 Å². The molecule has 3 nitrogen and oxygen atoms in total. The first-order valence-electron chi connectivity index (χ1n) is 7.56. The molecule has 1 heterocycles. The Kier molecular flexibility index (Phi) is 3.91. The van der Waals surface area contributed by atoms with Gasteiger partial charge in [-0.2, -0.15) is 0 Å². The standard InChI is InChI=1S/C18H21N3/c1-2-18-20-16-7-3-4-8-17(16)21(18)13-5-6-14-9-11-15(19)12-10-14/h3-4,7-12H,2,5-6,13,19H2,1H3. The monoisotopic (exact) mass is 279 g/mol. The summed E-state index contributed by atoms with van der Waals surface area (Å²) in [5.41, 5.74) is 10.2. The molecule has 21 heavy (non-hydrogen) atoms. The van der Waals surface area contributed by atoms with Gasteiger partial charge >= 0.3 is 0 Å². The fraction of sp³-hybridized carbons (Fsp3) is 0.278. The van der Waals surface area contributed by atoms with Gasteiger partial charge in [0.05, 0.1) is 11.0 Å². The van der Waals surface area contributed by atoms with Gasteiger partial charge in [0.25, 0.3) is 0 Å². The van der Waals surface area contributed by atoms with Gasteiger partial charge in [0.2, 0.25) is 0 Å². The third-order valence-corrected chi connectivity index (χ3v) is 3.88. The molecule has 108 valence electrons. The minimum atomic E-state index is 0.827. The van der Waals surface area contributed by atoms with Gasteiger partial charge in [-0.1, -0.05) is 31.2 Å². The number of benzene rings is 2. The SMILES string of the molecule is CCc1nc2ccccc2n1CCCc1ccc(N)cc1. The Balaban J connectivity index is 1.74. The van der Waals surface area contributed by atoms with Crippen molar-refractivity contribution in [3.8, 4) is 0 Å². The normalized spacial score (nSPS) is 11.1. The van der Waals surface area contributed by atoms with Crippen molar-refractivity contribution in [1.29, 1.82) is 0 Å². The highest BCUT2D eigenvalue weighted by atomic mass is 15.1. The van der Waals surface area contributed by atoms with E-state index in [-0.39, 0.29) is 0 Å². The summed E-state index contributed by atoms with van der Waals surface area (Å²) in [7, 11) is 0. The Hall–Kier alpha value is -2.29. The predicted molar refractivity (Wildman–Crippen MR) is 88.3 cm³/mol. The number of fused-ring (bicyclic) bond motifs is 1. The van der Waals surface area contributed by atoms with E-state index in [4.69, 9.17) is 10.7 Å². The molecule has 0 bridgehead atoms. The molecular weight excluding hydrogens is 258 g/mol. The zero-order chi connectivity index (χ0) is 14.7. The van der Waals surface area contributed by atoms with Crippen LogP contribution in [0.3, 0.4) is 0 Å². The molecule has 0 radical (unpaired) electrons. The summed E-state index contributed by atoms with van der Waals surface area (Å²) in [6, 6.07) is 16.5. The molecule has 3 heteroatoms. The summed E-state index contributed by atoms with van der Waals surface area (Å²) in [6.07, 6.45) is 3.14. The van der Waals surface area contributed by atoms with Crippen molar-refractivity contribution in [3.05, 3.63) is 59.9 Å². The first-order chi connectivity index (χ1) is 10.3. The molecule has 3 aromatic rings. The molecule has 0 amide bonds. The Labute approximate surface area is 125 Å². The van der Waals surface area contributed by atoms with Crippen molar-refractivity contribution < 1.29 is 0 Å². The van der Waals surface area contributed by atoms with Gasteiger partial charge < -0.3 is 10.3 Å². The van der Waals surface area contributed by atoms with Crippen molar-refractivity contribution in [2.45, 2.75) is 32.7 Å². The maximum absolute atomic E-state index is 5.72. The number of hydrogen-bond donors (Lipinski definition) is 1. The third-order valence-electron chi connectivity index (χ3n) is 3.88. The van der Waals surface area contributed by atoms with E-state index < -0.39 is 0 Å². The van der Waals surface area contributed by atoms with Gasteiger partial charge in [0.1, 0.15) is 5.82 Å². The van der Waals surface area contributed by atoms with Gasteiger partial charge in [0.15, 0.2) is 0 Å². The molecule has 1 aromatic heterocycles. The second kappa shape index (κ2) is 6.00. The molecule has 2 aromatic carbocycles. The van der Waals surface area contributed by atoms with Gasteiger partial charge in [-0.15, -0.1) is 0 Å². The van der Waals surface area contributed by atoms with Crippen LogP contribution in [0.15, 0.2) is 48.5 Å². The number of aryl methyl sites for hydroxylation is 3. The van der Waals surface area contributed by atoms with Crippen molar-refractivity contribution >= 4 is 16.7 Å². The van der Waals surface area contributed by atoms with Crippen LogP contribution >= 0.6 is 0 Å². The van der Waals surface area contributed by atoms with E-state index in [0.717, 1.165) is 37.0 Å². The van der Waals surface area contributed by atoms with Crippen LogP contribution in [0.2, 0.25) is 0 Å². The summed E-state index contributed by atoms with van der Waals surface area (Å²) in [4.78, 5) is 4.71. The largest absolute Gasteiger partial charge is 0.399 e. The van der Waals surface area contributed by atoms with Crippen LogP contribution in [0, 0.1) is 0 Å². The van der Waals surface area contributed by atoms with Gasteiger partial charge in [-0.25, -0.2) is 4.98 Å². The number of aromatic nitrogens is 2. The van der Waals surface area contributed by atoms with Crippen LogP contribution in [0.4, 0.5) is 5.69 Å². The number of nitrogen functional groups attached to an aromatic ring is 1. The zero-order valence-electron chi connectivity index (χ0n) is 12.4. The smallest absolute Gasteiger partial charge is 0.109 e. The highest BCUT2D eigenvalue weighted by molar-refractivity contribution is 5.75. The Morgan fingerprint density at radius 3 is 2.57 bits per heavy atom. The lowest BCUT2D eigenvalue weighted by atomic mass is 10.1. The second-order valence-corrected chi connectivity index (χ2v) is 5.37. The third kappa shape index (κ3) is 2.92. The van der Waals surface area contributed by atoms with E-state index in [1.54, 1.807) is 0 Å². The number of hydrogen-bond acceptors (Lipinski definition) is 2. The number of anilines is 1. The lowest BCUT2D eigenvalue weighted by molar-refractivity contribution is 0.629. The van der Waals surface area contributed by atoms with Crippen LogP contribution in [-0.2, 0) is 19.4 Å². The Morgan fingerprint density at radius 1 is 1.05 bits per heavy atom. The molecule has 0 aliphatic carbocycles. The minimum absolute atomic E-state index is 0.827. The van der Waals surface area contributed by atoms with E-state index in [2.05, 4.69) is 41.8 Å². The predicted octanol–water partition coefficient (Wildman–Crippen LogP) is 3.81. The highest BCUT2D eigenvalue weighted by Crippen LogP contribution is 2.17. The van der Waals surface area contributed by atoms with E-state index in [1.807, 2.05) is 18.2 Å². The molecule has 0 saturated heterocycles. The molecule has 0 unspecified atom stereocenters. The Morgan fingerprint density at radius 2 is 1.81 bits per heavy atom. The summed E-state index contributed by atoms with van der Waals surface area (Å²) in [6.45, 7) is 3.17. The molecule has 0 atom stereocenters. The van der Waals surface area contributed by atoms with E-state index in [0.29, 0.717) is 0 Å². The zero-order valence-corrected chi connectivity index (χ0v) is 12.4. The highest BCUT2D eigenvalue weighted by Gasteiger charge is 2.08. The van der Waals surface area contributed by atoms with Crippen LogP contribution in [0.1, 0.15) is 24.7 Å². The quantitative estimate of drug-likeness (QED) is 0.722. The Bertz CT molecular complexity index is 726. The number of para-hydroxylation sites is 2. The van der Waals surface area contributed by atoms with Crippen molar-refractivity contribution in [2.24, 2.45) is 0 Å². The molecule has 2 N–H and O–H groups in total. The van der Waals surface area contributed by atoms with Crippen molar-refractivity contribution in [1.82, 2.24) is 9.55 Å². The van der Waals surface area contributed by atoms with Gasteiger partial charge in [-0.3, -0.25) is 0 Å². The summed E-state index contributed by atoms with van der Waals surface area (Å²) < 4.78 is 2.35. The molecular formula is C18H21N3. The lowest BCUT2D eigenvalue weighted by Gasteiger charge is -2.08. The first-order valence-corrected chi connectivity index (χ1v) is 7.56. The average molecular weight is 279 g/mol. The topological polar surface area (TPSA) is 43.8 Å².